The lowest BCUT2D eigenvalue weighted by atomic mass is 10.2. The molecule has 0 bridgehead atoms. The molecule has 0 saturated carbocycles. The molecule has 0 aliphatic carbocycles. The van der Waals surface area contributed by atoms with Crippen LogP contribution in [0.25, 0.3) is 10.4 Å². The Hall–Kier alpha value is -1.81. The van der Waals surface area contributed by atoms with Gasteiger partial charge in [0.05, 0.1) is 4.88 Å². The molecule has 0 spiro atoms. The van der Waals surface area contributed by atoms with Crippen molar-refractivity contribution in [2.75, 3.05) is 12.3 Å². The molecule has 1 heterocycles. The predicted molar refractivity (Wildman–Crippen MR) is 76.8 cm³/mol. The van der Waals surface area contributed by atoms with Gasteiger partial charge in [-0.15, -0.1) is 11.3 Å². The molecule has 0 fully saturated rings. The Morgan fingerprint density at radius 1 is 1.33 bits per heavy atom. The van der Waals surface area contributed by atoms with Crippen LogP contribution >= 0.6 is 11.3 Å². The quantitative estimate of drug-likeness (QED) is 0.830. The smallest absolute Gasteiger partial charge is 0.261 e. The molecule has 3 nitrogen and oxygen atoms in total. The summed E-state index contributed by atoms with van der Waals surface area (Å²) in [5.74, 6) is -0.00277. The van der Waals surface area contributed by atoms with Crippen LogP contribution in [0.1, 0.15) is 23.0 Å². The Kier molecular flexibility index (Phi) is 3.99. The molecule has 2 aromatic rings. The summed E-state index contributed by atoms with van der Waals surface area (Å²) in [6, 6.07) is 11.5. The van der Waals surface area contributed by atoms with Crippen molar-refractivity contribution in [2.24, 2.45) is 0 Å². The number of hydrogen-bond donors (Lipinski definition) is 2. The lowest BCUT2D eigenvalue weighted by molar-refractivity contribution is 0.0957. The minimum absolute atomic E-state index is 0.00277. The molecule has 0 aliphatic rings. The van der Waals surface area contributed by atoms with Gasteiger partial charge >= 0.3 is 0 Å². The Balaban J connectivity index is 2.17. The number of nitrogens with two attached hydrogens (primary N) is 1. The molecule has 0 aliphatic heterocycles. The van der Waals surface area contributed by atoms with Crippen LogP contribution < -0.4 is 11.1 Å². The van der Waals surface area contributed by atoms with E-state index < -0.39 is 0 Å². The fourth-order valence-electron chi connectivity index (χ4n) is 1.63. The molecule has 4 heteroatoms. The van der Waals surface area contributed by atoms with E-state index in [-0.39, 0.29) is 5.91 Å². The Morgan fingerprint density at radius 2 is 2.17 bits per heavy atom. The van der Waals surface area contributed by atoms with E-state index in [0.29, 0.717) is 6.54 Å². The second-order valence-electron chi connectivity index (χ2n) is 4.05. The van der Waals surface area contributed by atoms with Gasteiger partial charge in [-0.25, -0.2) is 0 Å². The van der Waals surface area contributed by atoms with Crippen LogP contribution in [-0.4, -0.2) is 12.5 Å². The number of thiophene rings is 1. The van der Waals surface area contributed by atoms with Crippen LogP contribution in [0.3, 0.4) is 0 Å². The van der Waals surface area contributed by atoms with Gasteiger partial charge < -0.3 is 11.1 Å². The van der Waals surface area contributed by atoms with Gasteiger partial charge in [-0.05, 0) is 36.2 Å². The van der Waals surface area contributed by atoms with Crippen molar-refractivity contribution in [1.29, 1.82) is 0 Å². The third kappa shape index (κ3) is 2.90. The molecule has 3 N–H and O–H groups in total. The van der Waals surface area contributed by atoms with Crippen molar-refractivity contribution in [3.8, 4) is 10.4 Å². The van der Waals surface area contributed by atoms with Crippen molar-refractivity contribution in [3.63, 3.8) is 0 Å². The van der Waals surface area contributed by atoms with Crippen LogP contribution in [0.15, 0.2) is 36.4 Å². The molecule has 2 rings (SSSR count). The largest absolute Gasteiger partial charge is 0.399 e. The van der Waals surface area contributed by atoms with Crippen LogP contribution in [0, 0.1) is 0 Å². The van der Waals surface area contributed by atoms with Gasteiger partial charge in [0.1, 0.15) is 0 Å². The molecule has 0 unspecified atom stereocenters. The van der Waals surface area contributed by atoms with Gasteiger partial charge in [-0.1, -0.05) is 19.1 Å². The highest BCUT2D eigenvalue weighted by Gasteiger charge is 2.09. The fourth-order valence-corrected chi connectivity index (χ4v) is 2.55. The number of anilines is 1. The Bertz CT molecular complexity index is 548. The van der Waals surface area contributed by atoms with Gasteiger partial charge in [0.25, 0.3) is 5.91 Å². The van der Waals surface area contributed by atoms with E-state index in [0.717, 1.165) is 27.4 Å². The van der Waals surface area contributed by atoms with Crippen molar-refractivity contribution in [2.45, 2.75) is 13.3 Å². The maximum absolute atomic E-state index is 11.8. The van der Waals surface area contributed by atoms with Crippen molar-refractivity contribution < 1.29 is 4.79 Å². The van der Waals surface area contributed by atoms with Gasteiger partial charge in [-0.2, -0.15) is 0 Å². The predicted octanol–water partition coefficient (Wildman–Crippen LogP) is 3.14. The van der Waals surface area contributed by atoms with Crippen LogP contribution in [-0.2, 0) is 0 Å². The van der Waals surface area contributed by atoms with E-state index in [9.17, 15) is 4.79 Å². The fraction of sp³-hybridized carbons (Fsp3) is 0.214. The highest BCUT2D eigenvalue weighted by Crippen LogP contribution is 2.29. The van der Waals surface area contributed by atoms with Crippen LogP contribution in [0.4, 0.5) is 5.69 Å². The van der Waals surface area contributed by atoms with Gasteiger partial charge in [0, 0.05) is 17.1 Å². The second-order valence-corrected chi connectivity index (χ2v) is 5.13. The highest BCUT2D eigenvalue weighted by atomic mass is 32.1. The summed E-state index contributed by atoms with van der Waals surface area (Å²) in [5, 5.41) is 2.87. The maximum Gasteiger partial charge on any atom is 0.261 e. The third-order valence-electron chi connectivity index (χ3n) is 2.54. The van der Waals surface area contributed by atoms with Crippen LogP contribution in [0.2, 0.25) is 0 Å². The molecule has 0 radical (unpaired) electrons. The lowest BCUT2D eigenvalue weighted by Gasteiger charge is -2.00. The summed E-state index contributed by atoms with van der Waals surface area (Å²) in [6.07, 6.45) is 0.944. The zero-order chi connectivity index (χ0) is 13.0. The molecule has 1 aromatic carbocycles. The molecular formula is C14H16N2OS. The third-order valence-corrected chi connectivity index (χ3v) is 3.67. The number of carbonyl (C=O) groups is 1. The monoisotopic (exact) mass is 260 g/mol. The number of nitrogens with one attached hydrogen (secondary N) is 1. The zero-order valence-corrected chi connectivity index (χ0v) is 11.1. The van der Waals surface area contributed by atoms with E-state index >= 15 is 0 Å². The maximum atomic E-state index is 11.8. The molecular weight excluding hydrogens is 244 g/mol. The summed E-state index contributed by atoms with van der Waals surface area (Å²) in [4.78, 5) is 13.6. The molecule has 18 heavy (non-hydrogen) atoms. The average Bonchev–Trinajstić information content (AvgIpc) is 2.85. The first kappa shape index (κ1) is 12.6. The first-order valence-corrected chi connectivity index (χ1v) is 6.76. The minimum atomic E-state index is -0.00277. The van der Waals surface area contributed by atoms with Gasteiger partial charge in [0.15, 0.2) is 0 Å². The summed E-state index contributed by atoms with van der Waals surface area (Å²) >= 11 is 1.49. The van der Waals surface area contributed by atoms with Crippen LogP contribution in [0.5, 0.6) is 0 Å². The summed E-state index contributed by atoms with van der Waals surface area (Å²) in [5.41, 5.74) is 7.54. The summed E-state index contributed by atoms with van der Waals surface area (Å²) in [6.45, 7) is 2.75. The number of carbonyl (C=O) groups excluding carboxylic acids is 1. The molecule has 94 valence electrons. The number of benzene rings is 1. The van der Waals surface area contributed by atoms with Gasteiger partial charge in [0.2, 0.25) is 0 Å². The summed E-state index contributed by atoms with van der Waals surface area (Å²) in [7, 11) is 0. The molecule has 1 amide bonds. The first-order chi connectivity index (χ1) is 8.70. The number of hydrogen-bond acceptors (Lipinski definition) is 3. The van der Waals surface area contributed by atoms with Gasteiger partial charge in [-0.3, -0.25) is 4.79 Å². The molecule has 0 saturated heterocycles. The zero-order valence-electron chi connectivity index (χ0n) is 10.3. The van der Waals surface area contributed by atoms with E-state index in [4.69, 9.17) is 5.73 Å². The first-order valence-electron chi connectivity index (χ1n) is 5.94. The Labute approximate surface area is 111 Å². The Morgan fingerprint density at radius 3 is 2.89 bits per heavy atom. The van der Waals surface area contributed by atoms with Crippen molar-refractivity contribution in [3.05, 3.63) is 41.3 Å². The summed E-state index contributed by atoms with van der Waals surface area (Å²) < 4.78 is 0. The minimum Gasteiger partial charge on any atom is -0.399 e. The lowest BCUT2D eigenvalue weighted by Crippen LogP contribution is -2.22. The average molecular weight is 260 g/mol. The van der Waals surface area contributed by atoms with E-state index in [1.165, 1.54) is 11.3 Å². The van der Waals surface area contributed by atoms with Crippen molar-refractivity contribution in [1.82, 2.24) is 5.32 Å². The number of rotatable bonds is 4. The van der Waals surface area contributed by atoms with Crippen molar-refractivity contribution >= 4 is 22.9 Å². The number of amides is 1. The standard InChI is InChI=1S/C14H16N2OS/c1-2-8-16-14(17)13-7-6-12(18-13)10-4-3-5-11(15)9-10/h3-7,9H,2,8,15H2,1H3,(H,16,17). The topological polar surface area (TPSA) is 55.1 Å². The second kappa shape index (κ2) is 5.69. The highest BCUT2D eigenvalue weighted by molar-refractivity contribution is 7.17. The molecule has 0 atom stereocenters. The van der Waals surface area contributed by atoms with E-state index in [1.807, 2.05) is 43.3 Å². The number of nitrogen functional groups attached to an aromatic ring is 1. The van der Waals surface area contributed by atoms with E-state index in [1.54, 1.807) is 0 Å². The SMILES string of the molecule is CCCNC(=O)c1ccc(-c2cccc(N)c2)s1. The van der Waals surface area contributed by atoms with E-state index in [2.05, 4.69) is 5.32 Å². The molecule has 1 aromatic heterocycles. The normalized spacial score (nSPS) is 10.3.